The minimum atomic E-state index is -0.867. The van der Waals surface area contributed by atoms with Gasteiger partial charge >= 0.3 is 5.97 Å². The molecule has 0 bridgehead atoms. The third-order valence-electron chi connectivity index (χ3n) is 1.15. The topological polar surface area (TPSA) is 41.7 Å². The third-order valence-corrected chi connectivity index (χ3v) is 1.15. The summed E-state index contributed by atoms with van der Waals surface area (Å²) in [5.41, 5.74) is 0. The molecule has 0 saturated heterocycles. The van der Waals surface area contributed by atoms with Crippen LogP contribution in [0.5, 0.6) is 0 Å². The summed E-state index contributed by atoms with van der Waals surface area (Å²) in [5.74, 6) is -1.34. The Hall–Kier alpha value is -1.04. The van der Waals surface area contributed by atoms with E-state index in [0.29, 0.717) is 6.42 Å². The predicted molar refractivity (Wildman–Crippen MR) is 32.9 cm³/mol. The highest BCUT2D eigenvalue weighted by Gasteiger charge is 2.16. The second kappa shape index (κ2) is 3.90. The number of carboxylic acids is 1. The molecular weight excluding hydrogens is 118 g/mol. The number of carboxylic acid groups (broad SMARTS) is 1. The molecule has 3 nitrogen and oxygen atoms in total. The lowest BCUT2D eigenvalue weighted by Crippen LogP contribution is -2.14. The molecule has 0 aliphatic heterocycles. The molecule has 0 rings (SSSR count). The lowest BCUT2D eigenvalue weighted by molar-refractivity contribution is -0.141. The van der Waals surface area contributed by atoms with Crippen LogP contribution in [-0.2, 0) is 4.79 Å². The van der Waals surface area contributed by atoms with E-state index in [9.17, 15) is 4.79 Å². The van der Waals surface area contributed by atoms with Gasteiger partial charge in [-0.1, -0.05) is 6.92 Å². The highest BCUT2D eigenvalue weighted by molar-refractivity contribution is 5.70. The van der Waals surface area contributed by atoms with Gasteiger partial charge in [0.25, 0.3) is 0 Å². The van der Waals surface area contributed by atoms with Gasteiger partial charge in [-0.05, 0) is 6.42 Å². The number of carbonyl (C=O) groups is 1. The van der Waals surface area contributed by atoms with Crippen LogP contribution >= 0.6 is 0 Å². The van der Waals surface area contributed by atoms with Crippen LogP contribution in [-0.4, -0.2) is 17.6 Å². The molecule has 0 aromatic carbocycles. The fraction of sp³-hybridized carbons (Fsp3) is 0.667. The van der Waals surface area contributed by atoms with Crippen molar-refractivity contribution >= 4 is 5.97 Å². The van der Waals surface area contributed by atoms with Gasteiger partial charge in [-0.2, -0.15) is 0 Å². The quantitative estimate of drug-likeness (QED) is 0.575. The molecule has 0 saturated carbocycles. The monoisotopic (exact) mass is 127 g/mol. The van der Waals surface area contributed by atoms with E-state index < -0.39 is 11.9 Å². The van der Waals surface area contributed by atoms with Crippen molar-refractivity contribution < 1.29 is 9.90 Å². The molecule has 0 radical (unpaired) electrons. The molecule has 3 heteroatoms. The molecule has 0 aromatic heterocycles. The smallest absolute Gasteiger partial charge is 0.314 e. The normalized spacial score (nSPS) is 12.0. The Morgan fingerprint density at radius 2 is 2.44 bits per heavy atom. The lowest BCUT2D eigenvalue weighted by atomic mass is 10.1. The molecule has 1 N–H and O–H groups in total. The van der Waals surface area contributed by atoms with Crippen LogP contribution in [0.15, 0.2) is 0 Å². The summed E-state index contributed by atoms with van der Waals surface area (Å²) in [4.78, 5) is 13.2. The second-order valence-electron chi connectivity index (χ2n) is 1.78. The highest BCUT2D eigenvalue weighted by Crippen LogP contribution is 2.01. The summed E-state index contributed by atoms with van der Waals surface area (Å²) < 4.78 is 0. The molecule has 0 aliphatic carbocycles. The first-order valence-corrected chi connectivity index (χ1v) is 2.78. The number of hydrogen-bond donors (Lipinski definition) is 1. The molecule has 1 unspecified atom stereocenters. The maximum atomic E-state index is 10.2. The Kier molecular flexibility index (Phi) is 3.45. The van der Waals surface area contributed by atoms with Crippen LogP contribution in [0.3, 0.4) is 0 Å². The zero-order valence-corrected chi connectivity index (χ0v) is 5.29. The zero-order valence-electron chi connectivity index (χ0n) is 5.29. The van der Waals surface area contributed by atoms with Crippen molar-refractivity contribution in [1.82, 2.24) is 0 Å². The van der Waals surface area contributed by atoms with E-state index in [0.717, 1.165) is 0 Å². The Labute approximate surface area is 54.1 Å². The van der Waals surface area contributed by atoms with E-state index in [1.54, 1.807) is 6.92 Å². The van der Waals surface area contributed by atoms with Gasteiger partial charge in [0.1, 0.15) is 5.92 Å². The number of hydrogen-bond acceptors (Lipinski definition) is 1. The van der Waals surface area contributed by atoms with E-state index >= 15 is 0 Å². The maximum absolute atomic E-state index is 10.2. The molecule has 50 valence electrons. The highest BCUT2D eigenvalue weighted by atomic mass is 16.4. The van der Waals surface area contributed by atoms with Crippen molar-refractivity contribution in [1.29, 1.82) is 0 Å². The van der Waals surface area contributed by atoms with Crippen molar-refractivity contribution in [3.8, 4) is 0 Å². The van der Waals surface area contributed by atoms with Crippen molar-refractivity contribution in [2.75, 3.05) is 6.54 Å². The summed E-state index contributed by atoms with van der Waals surface area (Å²) >= 11 is 0. The first kappa shape index (κ1) is 7.96. The summed E-state index contributed by atoms with van der Waals surface area (Å²) in [6.07, 6.45) is 0.539. The Morgan fingerprint density at radius 1 is 1.89 bits per heavy atom. The molecule has 9 heavy (non-hydrogen) atoms. The fourth-order valence-electron chi connectivity index (χ4n) is 0.492. The van der Waals surface area contributed by atoms with Crippen LogP contribution < -0.4 is 0 Å². The van der Waals surface area contributed by atoms with Gasteiger partial charge in [-0.3, -0.25) is 4.79 Å². The van der Waals surface area contributed by atoms with E-state index in [2.05, 4.69) is 4.85 Å². The molecule has 1 atom stereocenters. The minimum absolute atomic E-state index is 0.103. The first-order valence-electron chi connectivity index (χ1n) is 2.78. The van der Waals surface area contributed by atoms with Gasteiger partial charge in [-0.15, -0.1) is 0 Å². The van der Waals surface area contributed by atoms with Gasteiger partial charge in [-0.25, -0.2) is 6.57 Å². The van der Waals surface area contributed by atoms with Crippen LogP contribution in [0.1, 0.15) is 13.3 Å². The molecule has 0 fully saturated rings. The average molecular weight is 127 g/mol. The standard InChI is InChI=1S/C6H9NO2/c1-3-5(4-7-2)6(8)9/h5H,3-4H2,1H3,(H,8,9). The zero-order chi connectivity index (χ0) is 7.28. The van der Waals surface area contributed by atoms with Crippen molar-refractivity contribution in [3.63, 3.8) is 0 Å². The van der Waals surface area contributed by atoms with Gasteiger partial charge in [0.05, 0.1) is 0 Å². The van der Waals surface area contributed by atoms with Gasteiger partial charge < -0.3 is 9.95 Å². The molecule has 0 heterocycles. The second-order valence-corrected chi connectivity index (χ2v) is 1.78. The molecule has 0 aromatic rings. The van der Waals surface area contributed by atoms with E-state index in [4.69, 9.17) is 11.7 Å². The fourth-order valence-corrected chi connectivity index (χ4v) is 0.492. The Balaban J connectivity index is 3.71. The SMILES string of the molecule is [C-]#[N+]CC(CC)C(=O)O. The molecular formula is C6H9NO2. The summed E-state index contributed by atoms with van der Waals surface area (Å²) in [6.45, 7) is 8.26. The largest absolute Gasteiger partial charge is 0.481 e. The maximum Gasteiger partial charge on any atom is 0.314 e. The van der Waals surface area contributed by atoms with E-state index in [1.165, 1.54) is 0 Å². The Bertz CT molecular complexity index is 136. The lowest BCUT2D eigenvalue weighted by Gasteiger charge is -1.98. The summed E-state index contributed by atoms with van der Waals surface area (Å²) in [5, 5.41) is 8.36. The Morgan fingerprint density at radius 3 is 2.56 bits per heavy atom. The van der Waals surface area contributed by atoms with Crippen LogP contribution in [0, 0.1) is 12.5 Å². The first-order chi connectivity index (χ1) is 4.22. The summed E-state index contributed by atoms with van der Waals surface area (Å²) in [6, 6.07) is 0. The van der Waals surface area contributed by atoms with Gasteiger partial charge in [0.15, 0.2) is 0 Å². The predicted octanol–water partition coefficient (Wildman–Crippen LogP) is 1.02. The number of rotatable bonds is 3. The molecule has 0 amide bonds. The third kappa shape index (κ3) is 2.70. The van der Waals surface area contributed by atoms with Crippen LogP contribution in [0.4, 0.5) is 0 Å². The van der Waals surface area contributed by atoms with Crippen molar-refractivity contribution in [2.24, 2.45) is 5.92 Å². The number of nitrogens with zero attached hydrogens (tertiary/aromatic N) is 1. The van der Waals surface area contributed by atoms with Gasteiger partial charge in [0, 0.05) is 0 Å². The van der Waals surface area contributed by atoms with Crippen LogP contribution in [0.2, 0.25) is 0 Å². The van der Waals surface area contributed by atoms with E-state index in [-0.39, 0.29) is 6.54 Å². The molecule has 0 spiro atoms. The van der Waals surface area contributed by atoms with Crippen molar-refractivity contribution in [3.05, 3.63) is 11.4 Å². The molecule has 0 aliphatic rings. The summed E-state index contributed by atoms with van der Waals surface area (Å²) in [7, 11) is 0. The van der Waals surface area contributed by atoms with E-state index in [1.807, 2.05) is 0 Å². The van der Waals surface area contributed by atoms with Gasteiger partial charge in [0.2, 0.25) is 6.54 Å². The van der Waals surface area contributed by atoms with Crippen LogP contribution in [0.25, 0.3) is 4.85 Å². The number of aliphatic carboxylic acids is 1. The minimum Gasteiger partial charge on any atom is -0.481 e. The average Bonchev–Trinajstić information content (AvgIpc) is 1.82. The van der Waals surface area contributed by atoms with Crippen molar-refractivity contribution in [2.45, 2.75) is 13.3 Å².